The van der Waals surface area contributed by atoms with E-state index in [0.29, 0.717) is 10.9 Å². The van der Waals surface area contributed by atoms with E-state index in [0.717, 1.165) is 28.3 Å². The Kier molecular flexibility index (Phi) is 6.71. The minimum atomic E-state index is -1.28. The molecule has 0 aliphatic heterocycles. The van der Waals surface area contributed by atoms with Crippen molar-refractivity contribution in [2.45, 2.75) is 18.4 Å². The average molecular weight is 439 g/mol. The number of thioether (sulfide) groups is 1. The van der Waals surface area contributed by atoms with E-state index in [-0.39, 0.29) is 0 Å². The standard InChI is InChI=1S/C24H21ClNOPS/c1-2-17-29-24-23(26-22(27-24)18-13-15-19(25)16-14-18)28(20-9-5-3-6-10-20)21-11-7-4-8-12-21/h3-16H,2,17H2,1H3/p+1. The predicted octanol–water partition coefficient (Wildman–Crippen LogP) is 5.99. The van der Waals surface area contributed by atoms with E-state index >= 15 is 0 Å². The molecule has 0 saturated carbocycles. The molecule has 0 aliphatic rings. The van der Waals surface area contributed by atoms with Crippen molar-refractivity contribution in [2.24, 2.45) is 0 Å². The molecular formula is C24H22ClNOPS+. The van der Waals surface area contributed by atoms with Gasteiger partial charge >= 0.3 is 0 Å². The molecule has 5 heteroatoms. The monoisotopic (exact) mass is 438 g/mol. The van der Waals surface area contributed by atoms with Crippen LogP contribution in [0.3, 0.4) is 0 Å². The summed E-state index contributed by atoms with van der Waals surface area (Å²) in [7, 11) is -1.28. The van der Waals surface area contributed by atoms with Crippen molar-refractivity contribution in [3.63, 3.8) is 0 Å². The fourth-order valence-electron chi connectivity index (χ4n) is 3.12. The number of aromatic nitrogens is 1. The van der Waals surface area contributed by atoms with Crippen LogP contribution in [0.25, 0.3) is 11.5 Å². The van der Waals surface area contributed by atoms with Gasteiger partial charge in [-0.25, -0.2) is 0 Å². The zero-order valence-corrected chi connectivity index (χ0v) is 18.7. The summed E-state index contributed by atoms with van der Waals surface area (Å²) in [4.78, 5) is 5.03. The largest absolute Gasteiger partial charge is 0.425 e. The molecule has 0 unspecified atom stereocenters. The van der Waals surface area contributed by atoms with Crippen molar-refractivity contribution >= 4 is 47.3 Å². The fraction of sp³-hybridized carbons (Fsp3) is 0.125. The second-order valence-electron chi connectivity index (χ2n) is 6.62. The van der Waals surface area contributed by atoms with E-state index in [9.17, 15) is 0 Å². The van der Waals surface area contributed by atoms with Gasteiger partial charge in [0.15, 0.2) is 0 Å². The molecule has 4 aromatic rings. The molecule has 146 valence electrons. The van der Waals surface area contributed by atoms with Gasteiger partial charge < -0.3 is 4.42 Å². The first-order valence-electron chi connectivity index (χ1n) is 9.64. The van der Waals surface area contributed by atoms with E-state index < -0.39 is 7.92 Å². The number of hydrogen-bond donors (Lipinski definition) is 0. The molecule has 0 aliphatic carbocycles. The van der Waals surface area contributed by atoms with Crippen LogP contribution >= 0.6 is 31.3 Å². The maximum atomic E-state index is 6.30. The molecule has 3 aromatic carbocycles. The van der Waals surface area contributed by atoms with Crippen molar-refractivity contribution in [3.05, 3.63) is 90.0 Å². The Bertz CT molecular complexity index is 1010. The lowest BCUT2D eigenvalue weighted by Crippen LogP contribution is -2.22. The number of nitrogens with zero attached hydrogens (tertiary/aromatic N) is 1. The predicted molar refractivity (Wildman–Crippen MR) is 128 cm³/mol. The Balaban J connectivity index is 1.85. The minimum Gasteiger partial charge on any atom is -0.425 e. The molecule has 0 fully saturated rings. The second kappa shape index (κ2) is 9.63. The van der Waals surface area contributed by atoms with Gasteiger partial charge in [-0.05, 0) is 55.0 Å². The lowest BCUT2D eigenvalue weighted by Gasteiger charge is -2.08. The molecule has 4 rings (SSSR count). The van der Waals surface area contributed by atoms with Crippen molar-refractivity contribution in [2.75, 3.05) is 5.75 Å². The van der Waals surface area contributed by atoms with Gasteiger partial charge in [-0.1, -0.05) is 66.7 Å². The molecular weight excluding hydrogens is 417 g/mol. The Labute approximate surface area is 182 Å². The molecule has 29 heavy (non-hydrogen) atoms. The lowest BCUT2D eigenvalue weighted by atomic mass is 10.2. The molecule has 0 atom stereocenters. The number of halogens is 1. The number of hydrogen-bond acceptors (Lipinski definition) is 3. The van der Waals surface area contributed by atoms with Gasteiger partial charge in [0.25, 0.3) is 0 Å². The van der Waals surface area contributed by atoms with Crippen LogP contribution in [0.5, 0.6) is 0 Å². The van der Waals surface area contributed by atoms with Gasteiger partial charge in [-0.15, -0.1) is 0 Å². The van der Waals surface area contributed by atoms with Crippen LogP contribution in [0.2, 0.25) is 5.02 Å². The van der Waals surface area contributed by atoms with E-state index in [1.165, 1.54) is 10.6 Å². The third-order valence-corrected chi connectivity index (χ3v) is 8.70. The first-order chi connectivity index (χ1) is 14.3. The van der Waals surface area contributed by atoms with Gasteiger partial charge in [0, 0.05) is 16.3 Å². The van der Waals surface area contributed by atoms with Crippen molar-refractivity contribution in [1.29, 1.82) is 0 Å². The summed E-state index contributed by atoms with van der Waals surface area (Å²) < 4.78 is 6.30. The summed E-state index contributed by atoms with van der Waals surface area (Å²) in [6.07, 6.45) is 1.08. The van der Waals surface area contributed by atoms with Gasteiger partial charge in [-0.3, -0.25) is 0 Å². The first kappa shape index (κ1) is 20.2. The van der Waals surface area contributed by atoms with Crippen LogP contribution < -0.4 is 16.0 Å². The minimum absolute atomic E-state index is 0.657. The topological polar surface area (TPSA) is 26.0 Å². The summed E-state index contributed by atoms with van der Waals surface area (Å²) in [5, 5.41) is 4.24. The molecule has 0 radical (unpaired) electrons. The zero-order valence-electron chi connectivity index (χ0n) is 16.1. The highest BCUT2D eigenvalue weighted by Gasteiger charge is 2.33. The van der Waals surface area contributed by atoms with Gasteiger partial charge in [-0.2, -0.15) is 4.98 Å². The number of oxazole rings is 1. The number of rotatable bonds is 7. The van der Waals surface area contributed by atoms with Crippen LogP contribution in [0.1, 0.15) is 13.3 Å². The third kappa shape index (κ3) is 4.75. The maximum absolute atomic E-state index is 6.30. The summed E-state index contributed by atoms with van der Waals surface area (Å²) in [6.45, 7) is 2.18. The summed E-state index contributed by atoms with van der Waals surface area (Å²) >= 11 is 7.82. The average Bonchev–Trinajstić information content (AvgIpc) is 3.18. The Morgan fingerprint density at radius 3 is 2.00 bits per heavy atom. The van der Waals surface area contributed by atoms with Crippen molar-refractivity contribution in [3.8, 4) is 11.5 Å². The molecule has 2 nitrogen and oxygen atoms in total. The highest BCUT2D eigenvalue weighted by atomic mass is 35.5. The summed E-state index contributed by atoms with van der Waals surface area (Å²) in [6, 6.07) is 29.0. The van der Waals surface area contributed by atoms with Crippen LogP contribution in [0, 0.1) is 0 Å². The van der Waals surface area contributed by atoms with Gasteiger partial charge in [0.2, 0.25) is 16.4 Å². The molecule has 0 bridgehead atoms. The SMILES string of the molecule is CCCSc1oc(-c2ccc(Cl)cc2)nc1[PH+](c1ccccc1)c1ccccc1. The normalized spacial score (nSPS) is 11.1. The van der Waals surface area contributed by atoms with E-state index in [2.05, 4.69) is 67.6 Å². The quantitative estimate of drug-likeness (QED) is 0.262. The first-order valence-corrected chi connectivity index (χ1v) is 12.5. The lowest BCUT2D eigenvalue weighted by molar-refractivity contribution is 0.487. The fourth-order valence-corrected chi connectivity index (χ4v) is 6.88. The zero-order chi connectivity index (χ0) is 20.1. The molecule has 1 aromatic heterocycles. The Hall–Kier alpha value is -2.06. The highest BCUT2D eigenvalue weighted by molar-refractivity contribution is 8.00. The molecule has 0 amide bonds. The summed E-state index contributed by atoms with van der Waals surface area (Å²) in [5.41, 5.74) is 2.01. The van der Waals surface area contributed by atoms with Crippen LogP contribution in [0.15, 0.2) is 94.4 Å². The highest BCUT2D eigenvalue weighted by Crippen LogP contribution is 2.38. The Morgan fingerprint density at radius 1 is 0.862 bits per heavy atom. The Morgan fingerprint density at radius 2 is 1.45 bits per heavy atom. The molecule has 0 saturated heterocycles. The molecule has 0 N–H and O–H groups in total. The molecule has 0 spiro atoms. The van der Waals surface area contributed by atoms with Crippen LogP contribution in [-0.4, -0.2) is 10.7 Å². The van der Waals surface area contributed by atoms with Crippen LogP contribution in [-0.2, 0) is 0 Å². The van der Waals surface area contributed by atoms with E-state index in [1.807, 2.05) is 24.3 Å². The van der Waals surface area contributed by atoms with Crippen molar-refractivity contribution in [1.82, 2.24) is 4.98 Å². The molecule has 1 heterocycles. The second-order valence-corrected chi connectivity index (χ2v) is 10.5. The van der Waals surface area contributed by atoms with Gasteiger partial charge in [0.1, 0.15) is 18.5 Å². The maximum Gasteiger partial charge on any atom is 0.243 e. The third-order valence-electron chi connectivity index (χ3n) is 4.49. The van der Waals surface area contributed by atoms with E-state index in [1.54, 1.807) is 11.8 Å². The van der Waals surface area contributed by atoms with Gasteiger partial charge in [0.05, 0.1) is 0 Å². The number of benzene rings is 3. The van der Waals surface area contributed by atoms with Crippen molar-refractivity contribution < 1.29 is 4.42 Å². The summed E-state index contributed by atoms with van der Waals surface area (Å²) in [5.74, 6) is 1.66. The van der Waals surface area contributed by atoms with E-state index in [4.69, 9.17) is 21.0 Å². The van der Waals surface area contributed by atoms with Crippen LogP contribution in [0.4, 0.5) is 0 Å². The smallest absolute Gasteiger partial charge is 0.243 e.